The van der Waals surface area contributed by atoms with Gasteiger partial charge in [0.25, 0.3) is 0 Å². The molecule has 2 heteroatoms. The number of hydrogen-bond acceptors (Lipinski definition) is 2. The molecule has 70 valence electrons. The minimum Gasteiger partial charge on any atom is -0.319 e. The Morgan fingerprint density at radius 1 is 1.50 bits per heavy atom. The maximum Gasteiger partial charge on any atom is -0.00171 e. The summed E-state index contributed by atoms with van der Waals surface area (Å²) in [6, 6.07) is 0. The van der Waals surface area contributed by atoms with Gasteiger partial charge in [-0.2, -0.15) is 0 Å². The van der Waals surface area contributed by atoms with E-state index in [4.69, 9.17) is 0 Å². The summed E-state index contributed by atoms with van der Waals surface area (Å²) in [6.45, 7) is 3.53. The van der Waals surface area contributed by atoms with Crippen molar-refractivity contribution in [2.24, 2.45) is 5.92 Å². The first-order valence-electron chi connectivity index (χ1n) is 4.94. The van der Waals surface area contributed by atoms with Crippen LogP contribution in [-0.4, -0.2) is 26.7 Å². The predicted molar refractivity (Wildman–Crippen MR) is 53.3 cm³/mol. The number of rotatable bonds is 5. The highest BCUT2D eigenvalue weighted by Gasteiger charge is 2.11. The van der Waals surface area contributed by atoms with E-state index in [0.717, 1.165) is 18.9 Å². The van der Waals surface area contributed by atoms with Crippen molar-refractivity contribution < 1.29 is 0 Å². The van der Waals surface area contributed by atoms with Gasteiger partial charge in [-0.3, -0.25) is 0 Å². The molecule has 1 saturated heterocycles. The zero-order chi connectivity index (χ0) is 8.65. The van der Waals surface area contributed by atoms with Crippen LogP contribution in [-0.2, 0) is 0 Å². The van der Waals surface area contributed by atoms with Crippen LogP contribution in [0.4, 0.5) is 0 Å². The van der Waals surface area contributed by atoms with E-state index in [0.29, 0.717) is 0 Å². The predicted octanol–water partition coefficient (Wildman–Crippen LogP) is 1.15. The molecule has 0 aromatic heterocycles. The molecule has 0 bridgehead atoms. The van der Waals surface area contributed by atoms with Crippen LogP contribution < -0.4 is 10.6 Å². The molecule has 1 heterocycles. The minimum absolute atomic E-state index is 0.899. The average Bonchev–Trinajstić information content (AvgIpc) is 2.57. The Morgan fingerprint density at radius 2 is 2.42 bits per heavy atom. The summed E-state index contributed by atoms with van der Waals surface area (Å²) in [5, 5.41) is 6.51. The van der Waals surface area contributed by atoms with Crippen LogP contribution in [0.3, 0.4) is 0 Å². The Bertz CT molecular complexity index is 126. The van der Waals surface area contributed by atoms with Crippen LogP contribution in [0.2, 0.25) is 0 Å². The van der Waals surface area contributed by atoms with Crippen molar-refractivity contribution in [3.63, 3.8) is 0 Å². The quantitative estimate of drug-likeness (QED) is 0.475. The molecule has 0 aromatic carbocycles. The third-order valence-electron chi connectivity index (χ3n) is 2.36. The SMILES string of the molecule is CNCC/C=C\CC1CCNC1. The van der Waals surface area contributed by atoms with Crippen molar-refractivity contribution in [2.75, 3.05) is 26.7 Å². The second-order valence-electron chi connectivity index (χ2n) is 3.46. The summed E-state index contributed by atoms with van der Waals surface area (Å²) in [5.74, 6) is 0.899. The van der Waals surface area contributed by atoms with Gasteiger partial charge in [0.05, 0.1) is 0 Å². The van der Waals surface area contributed by atoms with Gasteiger partial charge in [-0.05, 0) is 51.9 Å². The molecule has 2 nitrogen and oxygen atoms in total. The third kappa shape index (κ3) is 3.88. The highest BCUT2D eigenvalue weighted by Crippen LogP contribution is 2.12. The van der Waals surface area contributed by atoms with Gasteiger partial charge in [0.1, 0.15) is 0 Å². The summed E-state index contributed by atoms with van der Waals surface area (Å²) in [7, 11) is 1.99. The first-order valence-corrected chi connectivity index (χ1v) is 4.94. The molecule has 2 N–H and O–H groups in total. The molecule has 0 radical (unpaired) electrons. The molecule has 1 fully saturated rings. The zero-order valence-electron chi connectivity index (χ0n) is 7.97. The highest BCUT2D eigenvalue weighted by atomic mass is 14.9. The molecule has 1 aliphatic rings. The molecule has 1 unspecified atom stereocenters. The first kappa shape index (κ1) is 9.75. The molecular weight excluding hydrogens is 148 g/mol. The fraction of sp³-hybridized carbons (Fsp3) is 0.800. The summed E-state index contributed by atoms with van der Waals surface area (Å²) in [6.07, 6.45) is 8.40. The number of hydrogen-bond donors (Lipinski definition) is 2. The van der Waals surface area contributed by atoms with Gasteiger partial charge in [0.15, 0.2) is 0 Å². The summed E-state index contributed by atoms with van der Waals surface area (Å²) < 4.78 is 0. The van der Waals surface area contributed by atoms with Gasteiger partial charge >= 0.3 is 0 Å². The summed E-state index contributed by atoms with van der Waals surface area (Å²) in [4.78, 5) is 0. The zero-order valence-corrected chi connectivity index (χ0v) is 7.97. The van der Waals surface area contributed by atoms with Gasteiger partial charge in [-0.1, -0.05) is 12.2 Å². The van der Waals surface area contributed by atoms with E-state index in [9.17, 15) is 0 Å². The monoisotopic (exact) mass is 168 g/mol. The fourth-order valence-electron chi connectivity index (χ4n) is 1.55. The van der Waals surface area contributed by atoms with Crippen molar-refractivity contribution in [3.05, 3.63) is 12.2 Å². The fourth-order valence-corrected chi connectivity index (χ4v) is 1.55. The van der Waals surface area contributed by atoms with Crippen molar-refractivity contribution >= 4 is 0 Å². The molecule has 0 spiro atoms. The Kier molecular flexibility index (Phi) is 5.04. The second-order valence-corrected chi connectivity index (χ2v) is 3.46. The van der Waals surface area contributed by atoms with E-state index in [1.54, 1.807) is 0 Å². The van der Waals surface area contributed by atoms with Crippen molar-refractivity contribution in [1.82, 2.24) is 10.6 Å². The smallest absolute Gasteiger partial charge is 0.00171 e. The second kappa shape index (κ2) is 6.21. The van der Waals surface area contributed by atoms with Crippen LogP contribution in [0, 0.1) is 5.92 Å². The lowest BCUT2D eigenvalue weighted by Crippen LogP contribution is -2.08. The average molecular weight is 168 g/mol. The molecule has 0 aromatic rings. The maximum atomic E-state index is 3.38. The topological polar surface area (TPSA) is 24.1 Å². The van der Waals surface area contributed by atoms with Gasteiger partial charge in [-0.15, -0.1) is 0 Å². The Hall–Kier alpha value is -0.340. The Labute approximate surface area is 75.4 Å². The lowest BCUT2D eigenvalue weighted by molar-refractivity contribution is 0.592. The van der Waals surface area contributed by atoms with Crippen LogP contribution in [0.25, 0.3) is 0 Å². The summed E-state index contributed by atoms with van der Waals surface area (Å²) in [5.41, 5.74) is 0. The summed E-state index contributed by atoms with van der Waals surface area (Å²) >= 11 is 0. The maximum absolute atomic E-state index is 3.38. The van der Waals surface area contributed by atoms with Crippen LogP contribution >= 0.6 is 0 Å². The van der Waals surface area contributed by atoms with E-state index >= 15 is 0 Å². The van der Waals surface area contributed by atoms with E-state index < -0.39 is 0 Å². The highest BCUT2D eigenvalue weighted by molar-refractivity contribution is 4.86. The molecule has 1 aliphatic heterocycles. The lowest BCUT2D eigenvalue weighted by atomic mass is 10.0. The molecule has 12 heavy (non-hydrogen) atoms. The van der Waals surface area contributed by atoms with Gasteiger partial charge in [0.2, 0.25) is 0 Å². The first-order chi connectivity index (χ1) is 5.93. The van der Waals surface area contributed by atoms with Crippen molar-refractivity contribution in [1.29, 1.82) is 0 Å². The lowest BCUT2D eigenvalue weighted by Gasteiger charge is -2.01. The van der Waals surface area contributed by atoms with Crippen LogP contribution in [0.5, 0.6) is 0 Å². The van der Waals surface area contributed by atoms with Gasteiger partial charge in [-0.25, -0.2) is 0 Å². The minimum atomic E-state index is 0.899. The van der Waals surface area contributed by atoms with E-state index in [1.807, 2.05) is 7.05 Å². The molecule has 0 aliphatic carbocycles. The molecule has 1 atom stereocenters. The van der Waals surface area contributed by atoms with Gasteiger partial charge in [0, 0.05) is 0 Å². The Balaban J connectivity index is 1.96. The molecule has 1 rings (SSSR count). The Morgan fingerprint density at radius 3 is 3.08 bits per heavy atom. The van der Waals surface area contributed by atoms with Crippen LogP contribution in [0.1, 0.15) is 19.3 Å². The van der Waals surface area contributed by atoms with Crippen molar-refractivity contribution in [3.8, 4) is 0 Å². The van der Waals surface area contributed by atoms with E-state index in [-0.39, 0.29) is 0 Å². The van der Waals surface area contributed by atoms with Crippen LogP contribution in [0.15, 0.2) is 12.2 Å². The number of nitrogens with one attached hydrogen (secondary N) is 2. The largest absolute Gasteiger partial charge is 0.319 e. The molecule has 0 saturated carbocycles. The number of allylic oxidation sites excluding steroid dienone is 1. The standard InChI is InChI=1S/C10H20N2/c1-11-7-4-2-3-5-10-6-8-12-9-10/h2-3,10-12H,4-9H2,1H3/b3-2-. The normalized spacial score (nSPS) is 23.9. The molecule has 0 amide bonds. The van der Waals surface area contributed by atoms with E-state index in [2.05, 4.69) is 22.8 Å². The third-order valence-corrected chi connectivity index (χ3v) is 2.36. The van der Waals surface area contributed by atoms with Crippen molar-refractivity contribution in [2.45, 2.75) is 19.3 Å². The van der Waals surface area contributed by atoms with Gasteiger partial charge < -0.3 is 10.6 Å². The van der Waals surface area contributed by atoms with E-state index in [1.165, 1.54) is 25.9 Å². The molecular formula is C10H20N2.